The van der Waals surface area contributed by atoms with E-state index in [2.05, 4.69) is 14.9 Å². The normalized spacial score (nSPS) is 18.0. The summed E-state index contributed by atoms with van der Waals surface area (Å²) in [6.07, 6.45) is 4.39. The number of halogens is 2. The van der Waals surface area contributed by atoms with Crippen molar-refractivity contribution >= 4 is 40.8 Å². The van der Waals surface area contributed by atoms with E-state index in [0.717, 1.165) is 23.3 Å². The van der Waals surface area contributed by atoms with Crippen LogP contribution < -0.4 is 0 Å². The first-order valence-corrected chi connectivity index (χ1v) is 8.59. The van der Waals surface area contributed by atoms with Gasteiger partial charge in [-0.05, 0) is 23.3 Å². The highest BCUT2D eigenvalue weighted by molar-refractivity contribution is 8.01. The third-order valence-corrected chi connectivity index (χ3v) is 5.14. The SMILES string of the molecule is N=C1CSC(Cc2ccc(Cl)nc2)N1Cc1ccc(Cl)nc1. The average Bonchev–Trinajstić information content (AvgIpc) is 2.85. The zero-order valence-electron chi connectivity index (χ0n) is 11.7. The number of aromatic nitrogens is 2. The lowest BCUT2D eigenvalue weighted by atomic mass is 10.2. The molecule has 0 amide bonds. The molecule has 0 aliphatic carbocycles. The van der Waals surface area contributed by atoms with Crippen LogP contribution in [-0.4, -0.2) is 31.8 Å². The number of amidine groups is 1. The second-order valence-corrected chi connectivity index (χ2v) is 6.96. The first-order chi connectivity index (χ1) is 10.6. The van der Waals surface area contributed by atoms with E-state index >= 15 is 0 Å². The number of thioether (sulfide) groups is 1. The molecule has 1 atom stereocenters. The Bertz CT molecular complexity index is 660. The van der Waals surface area contributed by atoms with E-state index in [1.807, 2.05) is 12.1 Å². The summed E-state index contributed by atoms with van der Waals surface area (Å²) < 4.78 is 0. The Morgan fingerprint density at radius 3 is 2.32 bits per heavy atom. The van der Waals surface area contributed by atoms with Gasteiger partial charge in [-0.2, -0.15) is 0 Å². The Kier molecular flexibility index (Phi) is 4.86. The van der Waals surface area contributed by atoms with Crippen LogP contribution in [0.3, 0.4) is 0 Å². The number of nitrogens with zero attached hydrogens (tertiary/aromatic N) is 3. The summed E-state index contributed by atoms with van der Waals surface area (Å²) in [6, 6.07) is 7.52. The molecule has 1 saturated heterocycles. The molecule has 1 aliphatic rings. The van der Waals surface area contributed by atoms with Crippen molar-refractivity contribution in [3.05, 3.63) is 58.1 Å². The van der Waals surface area contributed by atoms with Crippen LogP contribution in [0.4, 0.5) is 0 Å². The fraction of sp³-hybridized carbons (Fsp3) is 0.267. The molecule has 3 rings (SSSR count). The molecule has 2 aromatic heterocycles. The maximum absolute atomic E-state index is 8.15. The molecular formula is C15H14Cl2N4S. The minimum atomic E-state index is 0.228. The largest absolute Gasteiger partial charge is 0.343 e. The first kappa shape index (κ1) is 15.6. The molecule has 0 aromatic carbocycles. The molecule has 22 heavy (non-hydrogen) atoms. The monoisotopic (exact) mass is 352 g/mol. The second-order valence-electron chi connectivity index (χ2n) is 5.02. The van der Waals surface area contributed by atoms with Crippen molar-refractivity contribution < 1.29 is 0 Å². The molecule has 1 unspecified atom stereocenters. The molecule has 1 fully saturated rings. The van der Waals surface area contributed by atoms with Crippen molar-refractivity contribution in [3.8, 4) is 0 Å². The summed E-state index contributed by atoms with van der Waals surface area (Å²) in [7, 11) is 0. The van der Waals surface area contributed by atoms with E-state index in [1.54, 1.807) is 36.3 Å². The van der Waals surface area contributed by atoms with Crippen LogP contribution in [0.25, 0.3) is 0 Å². The molecule has 7 heteroatoms. The van der Waals surface area contributed by atoms with E-state index in [1.165, 1.54) is 0 Å². The van der Waals surface area contributed by atoms with Crippen LogP contribution in [0.15, 0.2) is 36.7 Å². The van der Waals surface area contributed by atoms with Crippen molar-refractivity contribution in [1.82, 2.24) is 14.9 Å². The Balaban J connectivity index is 1.71. The minimum Gasteiger partial charge on any atom is -0.343 e. The van der Waals surface area contributed by atoms with Gasteiger partial charge in [-0.1, -0.05) is 35.3 Å². The molecule has 0 radical (unpaired) electrons. The van der Waals surface area contributed by atoms with Gasteiger partial charge in [-0.25, -0.2) is 9.97 Å². The van der Waals surface area contributed by atoms with Gasteiger partial charge >= 0.3 is 0 Å². The summed E-state index contributed by atoms with van der Waals surface area (Å²) in [5.41, 5.74) is 2.17. The van der Waals surface area contributed by atoms with E-state index in [-0.39, 0.29) is 5.37 Å². The standard InChI is InChI=1S/C15H14Cl2N4S/c16-12-3-1-10(6-19-12)5-15-21(14(18)9-22-15)8-11-2-4-13(17)20-7-11/h1-4,6-7,15,18H,5,8-9H2. The third kappa shape index (κ3) is 3.72. The Labute approximate surface area is 143 Å². The molecule has 0 spiro atoms. The van der Waals surface area contributed by atoms with Gasteiger partial charge in [0.15, 0.2) is 0 Å². The molecule has 1 aliphatic heterocycles. The number of rotatable bonds is 4. The summed E-state index contributed by atoms with van der Waals surface area (Å²) in [5, 5.41) is 9.36. The van der Waals surface area contributed by atoms with Crippen LogP contribution >= 0.6 is 35.0 Å². The molecule has 2 aromatic rings. The highest BCUT2D eigenvalue weighted by Gasteiger charge is 2.29. The van der Waals surface area contributed by atoms with Gasteiger partial charge in [0.2, 0.25) is 0 Å². The number of pyridine rings is 2. The minimum absolute atomic E-state index is 0.228. The summed E-state index contributed by atoms with van der Waals surface area (Å²) in [6.45, 7) is 0.668. The zero-order valence-corrected chi connectivity index (χ0v) is 14.0. The third-order valence-electron chi connectivity index (χ3n) is 3.45. The predicted molar refractivity (Wildman–Crippen MR) is 91.7 cm³/mol. The Hall–Kier alpha value is -1.30. The highest BCUT2D eigenvalue weighted by Crippen LogP contribution is 2.29. The topological polar surface area (TPSA) is 52.9 Å². The highest BCUT2D eigenvalue weighted by atomic mass is 35.5. The van der Waals surface area contributed by atoms with Gasteiger partial charge in [0.1, 0.15) is 16.1 Å². The van der Waals surface area contributed by atoms with Crippen LogP contribution in [0.5, 0.6) is 0 Å². The maximum atomic E-state index is 8.15. The van der Waals surface area contributed by atoms with Gasteiger partial charge in [-0.15, -0.1) is 11.8 Å². The Morgan fingerprint density at radius 2 is 1.73 bits per heavy atom. The molecule has 3 heterocycles. The van der Waals surface area contributed by atoms with Crippen molar-refractivity contribution in [2.75, 3.05) is 5.75 Å². The first-order valence-electron chi connectivity index (χ1n) is 6.78. The molecule has 0 saturated carbocycles. The van der Waals surface area contributed by atoms with E-state index in [4.69, 9.17) is 28.6 Å². The summed E-state index contributed by atoms with van der Waals surface area (Å²) in [4.78, 5) is 10.3. The van der Waals surface area contributed by atoms with Crippen LogP contribution in [0.2, 0.25) is 10.3 Å². The van der Waals surface area contributed by atoms with Gasteiger partial charge in [0, 0.05) is 25.4 Å². The summed E-state index contributed by atoms with van der Waals surface area (Å²) >= 11 is 13.4. The smallest absolute Gasteiger partial charge is 0.129 e. The van der Waals surface area contributed by atoms with Gasteiger partial charge in [0.25, 0.3) is 0 Å². The second kappa shape index (κ2) is 6.86. The zero-order chi connectivity index (χ0) is 15.5. The quantitative estimate of drug-likeness (QED) is 0.848. The maximum Gasteiger partial charge on any atom is 0.129 e. The van der Waals surface area contributed by atoms with E-state index in [9.17, 15) is 0 Å². The molecular weight excluding hydrogens is 339 g/mol. The molecule has 0 bridgehead atoms. The number of hydrogen-bond donors (Lipinski definition) is 1. The molecule has 114 valence electrons. The predicted octanol–water partition coefficient (Wildman–Crippen LogP) is 3.88. The van der Waals surface area contributed by atoms with E-state index in [0.29, 0.717) is 22.7 Å². The number of hydrogen-bond acceptors (Lipinski definition) is 4. The molecule has 4 nitrogen and oxygen atoms in total. The summed E-state index contributed by atoms with van der Waals surface area (Å²) in [5.74, 6) is 1.37. The van der Waals surface area contributed by atoms with E-state index < -0.39 is 0 Å². The number of nitrogens with one attached hydrogen (secondary N) is 1. The van der Waals surface area contributed by atoms with Crippen LogP contribution in [-0.2, 0) is 13.0 Å². The van der Waals surface area contributed by atoms with Crippen molar-refractivity contribution in [2.24, 2.45) is 0 Å². The van der Waals surface area contributed by atoms with Gasteiger partial charge in [-0.3, -0.25) is 5.41 Å². The fourth-order valence-electron chi connectivity index (χ4n) is 2.31. The average molecular weight is 353 g/mol. The van der Waals surface area contributed by atoms with Crippen molar-refractivity contribution in [1.29, 1.82) is 5.41 Å². The lowest BCUT2D eigenvalue weighted by Gasteiger charge is -2.25. The van der Waals surface area contributed by atoms with Gasteiger partial charge in [0.05, 0.1) is 11.1 Å². The van der Waals surface area contributed by atoms with Gasteiger partial charge < -0.3 is 4.90 Å². The van der Waals surface area contributed by atoms with Crippen LogP contribution in [0.1, 0.15) is 11.1 Å². The fourth-order valence-corrected chi connectivity index (χ4v) is 3.75. The molecule has 1 N–H and O–H groups in total. The van der Waals surface area contributed by atoms with Crippen molar-refractivity contribution in [2.45, 2.75) is 18.3 Å². The Morgan fingerprint density at radius 1 is 1.09 bits per heavy atom. The lowest BCUT2D eigenvalue weighted by molar-refractivity contribution is 0.392. The van der Waals surface area contributed by atoms with Crippen LogP contribution in [0, 0.1) is 5.41 Å². The lowest BCUT2D eigenvalue weighted by Crippen LogP contribution is -2.33. The van der Waals surface area contributed by atoms with Crippen molar-refractivity contribution in [3.63, 3.8) is 0 Å².